The largest absolute Gasteiger partial charge is 0.313 e. The van der Waals surface area contributed by atoms with Crippen LogP contribution in [0.1, 0.15) is 65.7 Å². The lowest BCUT2D eigenvalue weighted by molar-refractivity contribution is 0.0894. The second-order valence-electron chi connectivity index (χ2n) is 8.28. The zero-order chi connectivity index (χ0) is 14.6. The van der Waals surface area contributed by atoms with Crippen LogP contribution in [0.25, 0.3) is 0 Å². The van der Waals surface area contributed by atoms with Gasteiger partial charge in [-0.15, -0.1) is 0 Å². The molecule has 0 amide bonds. The van der Waals surface area contributed by atoms with E-state index >= 15 is 0 Å². The van der Waals surface area contributed by atoms with Crippen LogP contribution in [0.2, 0.25) is 0 Å². The topological polar surface area (TPSA) is 15.3 Å². The molecule has 2 aliphatic carbocycles. The third-order valence-electron chi connectivity index (χ3n) is 5.22. The lowest BCUT2D eigenvalue weighted by atomic mass is 9.69. The Kier molecular flexibility index (Phi) is 5.92. The van der Waals surface area contributed by atoms with E-state index in [4.69, 9.17) is 0 Å². The Morgan fingerprint density at radius 2 is 2.00 bits per heavy atom. The molecule has 0 heterocycles. The summed E-state index contributed by atoms with van der Waals surface area (Å²) in [5.74, 6) is 1.74. The fourth-order valence-electron chi connectivity index (χ4n) is 3.91. The van der Waals surface area contributed by atoms with Crippen molar-refractivity contribution in [2.24, 2.45) is 17.3 Å². The molecule has 0 aromatic carbocycles. The minimum absolute atomic E-state index is 0.548. The second kappa shape index (κ2) is 7.26. The maximum Gasteiger partial charge on any atom is 0.00684 e. The van der Waals surface area contributed by atoms with Crippen molar-refractivity contribution in [3.63, 3.8) is 0 Å². The smallest absolute Gasteiger partial charge is 0.00684 e. The monoisotopic (exact) mass is 280 g/mol. The van der Waals surface area contributed by atoms with Crippen molar-refractivity contribution in [3.8, 4) is 0 Å². The van der Waals surface area contributed by atoms with Crippen LogP contribution in [0.3, 0.4) is 0 Å². The Morgan fingerprint density at radius 3 is 2.60 bits per heavy atom. The van der Waals surface area contributed by atoms with Gasteiger partial charge in [0, 0.05) is 19.1 Å². The van der Waals surface area contributed by atoms with E-state index < -0.39 is 0 Å². The fraction of sp³-hybridized carbons (Fsp3) is 1.00. The molecule has 2 unspecified atom stereocenters. The van der Waals surface area contributed by atoms with E-state index in [2.05, 4.69) is 38.0 Å². The van der Waals surface area contributed by atoms with E-state index in [0.717, 1.165) is 17.9 Å². The molecule has 2 rings (SSSR count). The number of hydrogen-bond donors (Lipinski definition) is 1. The van der Waals surface area contributed by atoms with Crippen LogP contribution in [-0.2, 0) is 0 Å². The van der Waals surface area contributed by atoms with Crippen molar-refractivity contribution in [1.82, 2.24) is 10.2 Å². The summed E-state index contributed by atoms with van der Waals surface area (Å²) in [5, 5.41) is 3.83. The zero-order valence-electron chi connectivity index (χ0n) is 14.3. The third kappa shape index (κ3) is 5.37. The summed E-state index contributed by atoms with van der Waals surface area (Å²) in [5.41, 5.74) is 0.548. The molecule has 0 bridgehead atoms. The quantitative estimate of drug-likeness (QED) is 0.725. The highest BCUT2D eigenvalue weighted by Crippen LogP contribution is 2.40. The highest BCUT2D eigenvalue weighted by molar-refractivity contribution is 4.92. The minimum atomic E-state index is 0.548. The van der Waals surface area contributed by atoms with Crippen molar-refractivity contribution in [2.45, 2.75) is 71.8 Å². The van der Waals surface area contributed by atoms with Gasteiger partial charge < -0.3 is 10.2 Å². The summed E-state index contributed by atoms with van der Waals surface area (Å²) >= 11 is 0. The van der Waals surface area contributed by atoms with Crippen molar-refractivity contribution < 1.29 is 0 Å². The van der Waals surface area contributed by atoms with Crippen LogP contribution in [0, 0.1) is 17.3 Å². The Morgan fingerprint density at radius 1 is 1.25 bits per heavy atom. The molecule has 118 valence electrons. The van der Waals surface area contributed by atoms with E-state index in [1.807, 2.05) is 0 Å². The van der Waals surface area contributed by atoms with Crippen molar-refractivity contribution in [2.75, 3.05) is 26.7 Å². The van der Waals surface area contributed by atoms with Crippen LogP contribution < -0.4 is 5.32 Å². The minimum Gasteiger partial charge on any atom is -0.313 e. The summed E-state index contributed by atoms with van der Waals surface area (Å²) in [4.78, 5) is 2.60. The molecule has 0 aliphatic heterocycles. The predicted molar refractivity (Wildman–Crippen MR) is 88.0 cm³/mol. The van der Waals surface area contributed by atoms with Crippen LogP contribution in [0.15, 0.2) is 0 Å². The van der Waals surface area contributed by atoms with Gasteiger partial charge in [0.2, 0.25) is 0 Å². The average Bonchev–Trinajstić information content (AvgIpc) is 3.18. The summed E-state index contributed by atoms with van der Waals surface area (Å²) in [6.45, 7) is 10.9. The average molecular weight is 280 g/mol. The van der Waals surface area contributed by atoms with Crippen molar-refractivity contribution >= 4 is 0 Å². The van der Waals surface area contributed by atoms with Crippen LogP contribution in [-0.4, -0.2) is 37.6 Å². The standard InChI is InChI=1S/C18H36N2/c1-15(2)9-11-20(4)14-18(13-19-17-7-8-17)10-5-6-16(3)12-18/h15-17,19H,5-14H2,1-4H3. The Labute approximate surface area is 126 Å². The lowest BCUT2D eigenvalue weighted by Gasteiger charge is -2.43. The molecule has 0 aromatic heterocycles. The van der Waals surface area contributed by atoms with Gasteiger partial charge in [0.1, 0.15) is 0 Å². The van der Waals surface area contributed by atoms with Crippen LogP contribution >= 0.6 is 0 Å². The molecule has 2 aliphatic rings. The first kappa shape index (κ1) is 16.3. The van der Waals surface area contributed by atoms with Gasteiger partial charge in [-0.1, -0.05) is 33.6 Å². The molecule has 0 aromatic rings. The van der Waals surface area contributed by atoms with E-state index in [1.54, 1.807) is 0 Å². The fourth-order valence-corrected chi connectivity index (χ4v) is 3.91. The Balaban J connectivity index is 1.86. The third-order valence-corrected chi connectivity index (χ3v) is 5.22. The molecule has 2 fully saturated rings. The molecule has 0 saturated heterocycles. The highest BCUT2D eigenvalue weighted by atomic mass is 15.1. The zero-order valence-corrected chi connectivity index (χ0v) is 14.3. The SMILES string of the molecule is CC(C)CCN(C)CC1(CNC2CC2)CCCC(C)C1. The van der Waals surface area contributed by atoms with E-state index in [9.17, 15) is 0 Å². The van der Waals surface area contributed by atoms with E-state index in [0.29, 0.717) is 5.41 Å². The van der Waals surface area contributed by atoms with E-state index in [-0.39, 0.29) is 0 Å². The maximum absolute atomic E-state index is 3.83. The molecule has 2 heteroatoms. The predicted octanol–water partition coefficient (Wildman–Crippen LogP) is 3.91. The van der Waals surface area contributed by atoms with Gasteiger partial charge >= 0.3 is 0 Å². The van der Waals surface area contributed by atoms with Crippen molar-refractivity contribution in [3.05, 3.63) is 0 Å². The molecule has 2 saturated carbocycles. The number of hydrogen-bond acceptors (Lipinski definition) is 2. The van der Waals surface area contributed by atoms with Gasteiger partial charge in [-0.3, -0.25) is 0 Å². The van der Waals surface area contributed by atoms with Gasteiger partial charge in [-0.2, -0.15) is 0 Å². The first-order valence-electron chi connectivity index (χ1n) is 8.91. The number of nitrogens with one attached hydrogen (secondary N) is 1. The van der Waals surface area contributed by atoms with Gasteiger partial charge in [0.05, 0.1) is 0 Å². The Bertz CT molecular complexity index is 285. The molecule has 0 radical (unpaired) electrons. The van der Waals surface area contributed by atoms with Crippen LogP contribution in [0.5, 0.6) is 0 Å². The van der Waals surface area contributed by atoms with E-state index in [1.165, 1.54) is 64.6 Å². The first-order valence-corrected chi connectivity index (χ1v) is 8.91. The molecular weight excluding hydrogens is 244 g/mol. The number of nitrogens with zero attached hydrogens (tertiary/aromatic N) is 1. The second-order valence-corrected chi connectivity index (χ2v) is 8.28. The molecule has 1 N–H and O–H groups in total. The summed E-state index contributed by atoms with van der Waals surface area (Å²) in [6.07, 6.45) is 9.90. The molecule has 0 spiro atoms. The maximum atomic E-state index is 3.83. The van der Waals surface area contributed by atoms with Gasteiger partial charge in [0.15, 0.2) is 0 Å². The molecular formula is C18H36N2. The summed E-state index contributed by atoms with van der Waals surface area (Å²) in [7, 11) is 2.33. The molecule has 2 nitrogen and oxygen atoms in total. The Hall–Kier alpha value is -0.0800. The summed E-state index contributed by atoms with van der Waals surface area (Å²) in [6, 6.07) is 0.852. The first-order chi connectivity index (χ1) is 9.49. The van der Waals surface area contributed by atoms with Crippen LogP contribution in [0.4, 0.5) is 0 Å². The highest BCUT2D eigenvalue weighted by Gasteiger charge is 2.37. The van der Waals surface area contributed by atoms with Gasteiger partial charge in [0.25, 0.3) is 0 Å². The number of rotatable bonds is 8. The summed E-state index contributed by atoms with van der Waals surface area (Å²) < 4.78 is 0. The van der Waals surface area contributed by atoms with Gasteiger partial charge in [-0.05, 0) is 62.9 Å². The molecule has 2 atom stereocenters. The van der Waals surface area contributed by atoms with Gasteiger partial charge in [-0.25, -0.2) is 0 Å². The lowest BCUT2D eigenvalue weighted by Crippen LogP contribution is -2.46. The normalized spacial score (nSPS) is 31.2. The molecule has 20 heavy (non-hydrogen) atoms. The van der Waals surface area contributed by atoms with Crippen molar-refractivity contribution in [1.29, 1.82) is 0 Å².